The van der Waals surface area contributed by atoms with Gasteiger partial charge < -0.3 is 15.2 Å². The first-order valence-corrected chi connectivity index (χ1v) is 5.68. The Hall–Kier alpha value is -1.22. The third-order valence-corrected chi connectivity index (χ3v) is 2.48. The van der Waals surface area contributed by atoms with Gasteiger partial charge >= 0.3 is 0 Å². The van der Waals surface area contributed by atoms with Crippen molar-refractivity contribution in [2.75, 3.05) is 19.5 Å². The molecule has 1 aromatic rings. The first kappa shape index (κ1) is 12.8. The molecule has 1 rings (SSSR count). The molecule has 3 nitrogen and oxygen atoms in total. The Morgan fingerprint density at radius 2 is 2.06 bits per heavy atom. The van der Waals surface area contributed by atoms with Crippen LogP contribution in [-0.4, -0.2) is 19.8 Å². The maximum absolute atomic E-state index is 5.87. The number of nitrogen functional groups attached to an aromatic ring is 1. The molecule has 0 spiro atoms. The Bertz CT molecular complexity index is 305. The van der Waals surface area contributed by atoms with E-state index in [1.54, 1.807) is 7.11 Å². The van der Waals surface area contributed by atoms with Gasteiger partial charge in [0.1, 0.15) is 11.9 Å². The van der Waals surface area contributed by atoms with E-state index < -0.39 is 0 Å². The Morgan fingerprint density at radius 3 is 2.62 bits per heavy atom. The largest absolute Gasteiger partial charge is 0.490 e. The summed E-state index contributed by atoms with van der Waals surface area (Å²) in [5, 5.41) is 0. The molecule has 1 unspecified atom stereocenters. The molecule has 0 aliphatic heterocycles. The fourth-order valence-corrected chi connectivity index (χ4v) is 1.63. The lowest BCUT2D eigenvalue weighted by molar-refractivity contribution is 0.123. The zero-order valence-corrected chi connectivity index (χ0v) is 10.3. The smallest absolute Gasteiger partial charge is 0.122 e. The van der Waals surface area contributed by atoms with Crippen molar-refractivity contribution in [1.29, 1.82) is 0 Å². The van der Waals surface area contributed by atoms with E-state index in [9.17, 15) is 0 Å². The second-order valence-corrected chi connectivity index (χ2v) is 4.01. The zero-order chi connectivity index (χ0) is 12.0. The molecule has 3 heteroatoms. The minimum absolute atomic E-state index is 0.196. The number of aryl methyl sites for hydroxylation is 1. The van der Waals surface area contributed by atoms with Crippen LogP contribution in [0, 0.1) is 6.92 Å². The fraction of sp³-hybridized carbons (Fsp3) is 0.538. The van der Waals surface area contributed by atoms with Gasteiger partial charge in [0.25, 0.3) is 0 Å². The van der Waals surface area contributed by atoms with Crippen LogP contribution in [0.25, 0.3) is 0 Å². The van der Waals surface area contributed by atoms with Gasteiger partial charge in [-0.1, -0.05) is 6.92 Å². The summed E-state index contributed by atoms with van der Waals surface area (Å²) in [7, 11) is 1.71. The highest BCUT2D eigenvalue weighted by Gasteiger charge is 2.08. The second-order valence-electron chi connectivity index (χ2n) is 4.01. The number of methoxy groups -OCH3 is 1. The highest BCUT2D eigenvalue weighted by atomic mass is 16.5. The molecule has 0 radical (unpaired) electrons. The molecular formula is C13H21NO2. The summed E-state index contributed by atoms with van der Waals surface area (Å²) in [6.45, 7) is 4.85. The van der Waals surface area contributed by atoms with Crippen molar-refractivity contribution >= 4 is 5.69 Å². The summed E-state index contributed by atoms with van der Waals surface area (Å²) in [6.07, 6.45) is 2.07. The molecule has 2 N–H and O–H groups in total. The molecule has 16 heavy (non-hydrogen) atoms. The van der Waals surface area contributed by atoms with E-state index in [-0.39, 0.29) is 6.10 Å². The van der Waals surface area contributed by atoms with Crippen LogP contribution in [0.3, 0.4) is 0 Å². The molecule has 90 valence electrons. The predicted octanol–water partition coefficient (Wildman–Crippen LogP) is 2.77. The number of benzene rings is 1. The van der Waals surface area contributed by atoms with Crippen LogP contribution < -0.4 is 10.5 Å². The Kier molecular flexibility index (Phi) is 5.12. The van der Waals surface area contributed by atoms with Crippen molar-refractivity contribution in [3.63, 3.8) is 0 Å². The molecule has 0 aliphatic carbocycles. The van der Waals surface area contributed by atoms with E-state index in [0.717, 1.165) is 36.4 Å². The van der Waals surface area contributed by atoms with E-state index >= 15 is 0 Å². The third-order valence-electron chi connectivity index (χ3n) is 2.48. The first-order chi connectivity index (χ1) is 7.65. The summed E-state index contributed by atoms with van der Waals surface area (Å²) in [5.74, 6) is 0.848. The topological polar surface area (TPSA) is 44.5 Å². The average molecular weight is 223 g/mol. The summed E-state index contributed by atoms with van der Waals surface area (Å²) < 4.78 is 10.9. The lowest BCUT2D eigenvalue weighted by atomic mass is 10.2. The van der Waals surface area contributed by atoms with Gasteiger partial charge in [0, 0.05) is 31.9 Å². The predicted molar refractivity (Wildman–Crippen MR) is 66.8 cm³/mol. The average Bonchev–Trinajstić information content (AvgIpc) is 2.22. The number of ether oxygens (including phenoxy) is 2. The van der Waals surface area contributed by atoms with E-state index in [2.05, 4.69) is 6.92 Å². The maximum atomic E-state index is 5.87. The molecule has 0 saturated carbocycles. The van der Waals surface area contributed by atoms with Crippen LogP contribution in [0.1, 0.15) is 25.3 Å². The number of nitrogens with two attached hydrogens (primary N) is 1. The summed E-state index contributed by atoms with van der Waals surface area (Å²) >= 11 is 0. The van der Waals surface area contributed by atoms with Gasteiger partial charge in [-0.25, -0.2) is 0 Å². The normalized spacial score (nSPS) is 12.4. The molecule has 1 aromatic carbocycles. The zero-order valence-electron chi connectivity index (χ0n) is 10.3. The van der Waals surface area contributed by atoms with Gasteiger partial charge in [0.2, 0.25) is 0 Å². The van der Waals surface area contributed by atoms with Crippen LogP contribution in [0.2, 0.25) is 0 Å². The molecule has 0 saturated heterocycles. The van der Waals surface area contributed by atoms with Gasteiger partial charge in [-0.3, -0.25) is 0 Å². The summed E-state index contributed by atoms with van der Waals surface area (Å²) in [5.41, 5.74) is 7.64. The Balaban J connectivity index is 2.62. The van der Waals surface area contributed by atoms with Crippen molar-refractivity contribution in [2.45, 2.75) is 32.8 Å². The van der Waals surface area contributed by atoms with E-state index in [0.29, 0.717) is 0 Å². The monoisotopic (exact) mass is 223 g/mol. The molecular weight excluding hydrogens is 202 g/mol. The highest BCUT2D eigenvalue weighted by molar-refractivity contribution is 5.47. The summed E-state index contributed by atoms with van der Waals surface area (Å²) in [6, 6.07) is 5.80. The van der Waals surface area contributed by atoms with Crippen LogP contribution in [0.4, 0.5) is 5.69 Å². The SMILES string of the molecule is CCC(CCOC)Oc1cc(C)cc(N)c1. The molecule has 0 amide bonds. The lowest BCUT2D eigenvalue weighted by Crippen LogP contribution is -2.17. The van der Waals surface area contributed by atoms with E-state index in [1.165, 1.54) is 0 Å². The van der Waals surface area contributed by atoms with E-state index in [1.807, 2.05) is 25.1 Å². The van der Waals surface area contributed by atoms with Crippen molar-refractivity contribution in [2.24, 2.45) is 0 Å². The Labute approximate surface area is 97.6 Å². The van der Waals surface area contributed by atoms with Crippen molar-refractivity contribution in [3.05, 3.63) is 23.8 Å². The molecule has 0 heterocycles. The van der Waals surface area contributed by atoms with Crippen molar-refractivity contribution < 1.29 is 9.47 Å². The van der Waals surface area contributed by atoms with Crippen LogP contribution >= 0.6 is 0 Å². The van der Waals surface area contributed by atoms with Gasteiger partial charge in [-0.05, 0) is 31.0 Å². The molecule has 0 fully saturated rings. The quantitative estimate of drug-likeness (QED) is 0.754. The first-order valence-electron chi connectivity index (χ1n) is 5.68. The molecule has 0 aliphatic rings. The minimum atomic E-state index is 0.196. The van der Waals surface area contributed by atoms with Gasteiger partial charge in [-0.2, -0.15) is 0 Å². The number of hydrogen-bond acceptors (Lipinski definition) is 3. The van der Waals surface area contributed by atoms with E-state index in [4.69, 9.17) is 15.2 Å². The number of anilines is 1. The van der Waals surface area contributed by atoms with Gasteiger partial charge in [0.15, 0.2) is 0 Å². The lowest BCUT2D eigenvalue weighted by Gasteiger charge is -2.17. The minimum Gasteiger partial charge on any atom is -0.490 e. The van der Waals surface area contributed by atoms with Crippen LogP contribution in [0.5, 0.6) is 5.75 Å². The highest BCUT2D eigenvalue weighted by Crippen LogP contribution is 2.20. The molecule has 1 atom stereocenters. The number of hydrogen-bond donors (Lipinski definition) is 1. The molecule has 0 aromatic heterocycles. The van der Waals surface area contributed by atoms with Crippen LogP contribution in [0.15, 0.2) is 18.2 Å². The third kappa shape index (κ3) is 4.11. The molecule has 0 bridgehead atoms. The maximum Gasteiger partial charge on any atom is 0.122 e. The fourth-order valence-electron chi connectivity index (χ4n) is 1.63. The Morgan fingerprint density at radius 1 is 1.31 bits per heavy atom. The standard InChI is InChI=1S/C13H21NO2/c1-4-12(5-6-15-3)16-13-8-10(2)7-11(14)9-13/h7-9,12H,4-6,14H2,1-3H3. The second kappa shape index (κ2) is 6.38. The van der Waals surface area contributed by atoms with Gasteiger partial charge in [-0.15, -0.1) is 0 Å². The number of rotatable bonds is 6. The van der Waals surface area contributed by atoms with Crippen molar-refractivity contribution in [3.8, 4) is 5.75 Å². The van der Waals surface area contributed by atoms with Crippen LogP contribution in [-0.2, 0) is 4.74 Å². The summed E-state index contributed by atoms with van der Waals surface area (Å²) in [4.78, 5) is 0. The van der Waals surface area contributed by atoms with Crippen molar-refractivity contribution in [1.82, 2.24) is 0 Å². The van der Waals surface area contributed by atoms with Gasteiger partial charge in [0.05, 0.1) is 0 Å².